The van der Waals surface area contributed by atoms with Crippen molar-refractivity contribution in [3.63, 3.8) is 0 Å². The molecule has 0 radical (unpaired) electrons. The van der Waals surface area contributed by atoms with Crippen molar-refractivity contribution in [3.8, 4) is 16.9 Å². The molecule has 1 aliphatic heterocycles. The average Bonchev–Trinajstić information content (AvgIpc) is 3.28. The van der Waals surface area contributed by atoms with Crippen LogP contribution in [-0.2, 0) is 9.59 Å². The fourth-order valence-corrected chi connectivity index (χ4v) is 6.23. The van der Waals surface area contributed by atoms with Gasteiger partial charge in [0.15, 0.2) is 0 Å². The molecule has 1 aromatic heterocycles. The van der Waals surface area contributed by atoms with Crippen LogP contribution >= 0.6 is 11.8 Å². The Morgan fingerprint density at radius 3 is 2.51 bits per heavy atom. The SMILES string of the molecule is Cc1cccc(-n2nc(-c3ccccc3)c3c2N(CC(=O)NCCN(C)C)C(=O)CS[C@H]3c2ccccc2F)c1C. The van der Waals surface area contributed by atoms with E-state index in [0.717, 1.165) is 22.4 Å². The van der Waals surface area contributed by atoms with Gasteiger partial charge >= 0.3 is 0 Å². The van der Waals surface area contributed by atoms with Crippen molar-refractivity contribution in [2.24, 2.45) is 0 Å². The van der Waals surface area contributed by atoms with Gasteiger partial charge in [0.25, 0.3) is 0 Å². The Morgan fingerprint density at radius 1 is 1.05 bits per heavy atom. The lowest BCUT2D eigenvalue weighted by atomic mass is 9.99. The molecule has 2 amide bonds. The molecule has 4 aromatic rings. The van der Waals surface area contributed by atoms with Crippen LogP contribution in [0.25, 0.3) is 16.9 Å². The summed E-state index contributed by atoms with van der Waals surface area (Å²) >= 11 is 1.36. The molecule has 0 saturated carbocycles. The summed E-state index contributed by atoms with van der Waals surface area (Å²) in [7, 11) is 3.87. The zero-order valence-corrected chi connectivity index (χ0v) is 24.5. The van der Waals surface area contributed by atoms with Crippen molar-refractivity contribution in [2.75, 3.05) is 44.4 Å². The smallest absolute Gasteiger partial charge is 0.240 e. The van der Waals surface area contributed by atoms with Crippen LogP contribution in [0.15, 0.2) is 72.8 Å². The summed E-state index contributed by atoms with van der Waals surface area (Å²) < 4.78 is 17.2. The van der Waals surface area contributed by atoms with Gasteiger partial charge in [0.05, 0.1) is 22.4 Å². The average molecular weight is 572 g/mol. The van der Waals surface area contributed by atoms with E-state index in [4.69, 9.17) is 5.10 Å². The van der Waals surface area contributed by atoms with E-state index in [1.54, 1.807) is 22.9 Å². The van der Waals surface area contributed by atoms with Crippen LogP contribution in [-0.4, -0.2) is 66.0 Å². The summed E-state index contributed by atoms with van der Waals surface area (Å²) in [6.07, 6.45) is 0. The highest BCUT2D eigenvalue weighted by molar-refractivity contribution is 8.00. The number of carbonyl (C=O) groups excluding carboxylic acids is 2. The van der Waals surface area contributed by atoms with Gasteiger partial charge < -0.3 is 10.2 Å². The Morgan fingerprint density at radius 2 is 1.78 bits per heavy atom. The van der Waals surface area contributed by atoms with Gasteiger partial charge in [0.2, 0.25) is 11.8 Å². The van der Waals surface area contributed by atoms with Gasteiger partial charge in [-0.05, 0) is 51.2 Å². The summed E-state index contributed by atoms with van der Waals surface area (Å²) in [6, 6.07) is 22.3. The molecule has 0 bridgehead atoms. The van der Waals surface area contributed by atoms with Crippen molar-refractivity contribution in [2.45, 2.75) is 19.1 Å². The topological polar surface area (TPSA) is 70.5 Å². The number of benzene rings is 3. The van der Waals surface area contributed by atoms with E-state index in [1.807, 2.05) is 81.4 Å². The Bertz CT molecular complexity index is 1570. The van der Waals surface area contributed by atoms with Crippen molar-refractivity contribution in [1.82, 2.24) is 20.0 Å². The minimum atomic E-state index is -0.522. The molecule has 0 spiro atoms. The zero-order chi connectivity index (χ0) is 29.1. The third-order valence-corrected chi connectivity index (χ3v) is 8.55. The van der Waals surface area contributed by atoms with E-state index < -0.39 is 5.25 Å². The highest BCUT2D eigenvalue weighted by Gasteiger charge is 2.38. The van der Waals surface area contributed by atoms with Gasteiger partial charge in [0.1, 0.15) is 18.2 Å². The number of halogens is 1. The molecular formula is C32H34FN5O2S. The van der Waals surface area contributed by atoms with Gasteiger partial charge in [-0.1, -0.05) is 60.7 Å². The lowest BCUT2D eigenvalue weighted by Gasteiger charge is -2.24. The lowest BCUT2D eigenvalue weighted by molar-refractivity contribution is -0.122. The Labute approximate surface area is 244 Å². The Hall–Kier alpha value is -3.95. The molecule has 9 heteroatoms. The van der Waals surface area contributed by atoms with Crippen LogP contribution in [0.4, 0.5) is 10.2 Å². The molecule has 1 N–H and O–H groups in total. The third kappa shape index (κ3) is 5.92. The van der Waals surface area contributed by atoms with Gasteiger partial charge in [0, 0.05) is 29.8 Å². The number of anilines is 1. The molecule has 2 heterocycles. The van der Waals surface area contributed by atoms with Crippen LogP contribution in [0.1, 0.15) is 27.5 Å². The maximum atomic E-state index is 15.4. The number of hydrogen-bond acceptors (Lipinski definition) is 5. The molecule has 7 nitrogen and oxygen atoms in total. The van der Waals surface area contributed by atoms with Crippen LogP contribution in [0.2, 0.25) is 0 Å². The first kappa shape index (κ1) is 28.6. The monoisotopic (exact) mass is 571 g/mol. The molecule has 41 heavy (non-hydrogen) atoms. The van der Waals surface area contributed by atoms with E-state index in [9.17, 15) is 9.59 Å². The van der Waals surface area contributed by atoms with E-state index in [2.05, 4.69) is 5.32 Å². The van der Waals surface area contributed by atoms with Gasteiger partial charge in [-0.15, -0.1) is 11.8 Å². The summed E-state index contributed by atoms with van der Waals surface area (Å²) in [5.74, 6) is -0.278. The van der Waals surface area contributed by atoms with E-state index in [1.165, 1.54) is 22.7 Å². The highest BCUT2D eigenvalue weighted by atomic mass is 32.2. The lowest BCUT2D eigenvalue weighted by Crippen LogP contribution is -2.43. The third-order valence-electron chi connectivity index (χ3n) is 7.31. The number of aryl methyl sites for hydroxylation is 1. The number of hydrogen-bond donors (Lipinski definition) is 1. The molecule has 212 valence electrons. The van der Waals surface area contributed by atoms with E-state index in [0.29, 0.717) is 35.7 Å². The van der Waals surface area contributed by atoms with Gasteiger partial charge in [-0.25, -0.2) is 9.07 Å². The summed E-state index contributed by atoms with van der Waals surface area (Å²) in [4.78, 5) is 30.5. The van der Waals surface area contributed by atoms with Crippen LogP contribution in [0, 0.1) is 19.7 Å². The molecule has 1 aliphatic rings. The number of amides is 2. The maximum Gasteiger partial charge on any atom is 0.240 e. The normalized spacial score (nSPS) is 15.1. The molecular weight excluding hydrogens is 537 g/mol. The molecule has 0 fully saturated rings. The first-order valence-corrected chi connectivity index (χ1v) is 14.6. The number of aromatic nitrogens is 2. The fraction of sp³-hybridized carbons (Fsp3) is 0.281. The minimum absolute atomic E-state index is 0.0830. The van der Waals surface area contributed by atoms with Crippen LogP contribution < -0.4 is 10.2 Å². The molecule has 1 atom stereocenters. The summed E-state index contributed by atoms with van der Waals surface area (Å²) in [5.41, 5.74) is 5.55. The number of fused-ring (bicyclic) bond motifs is 1. The number of likely N-dealkylation sites (N-methyl/N-ethyl adjacent to an activating group) is 1. The van der Waals surface area contributed by atoms with Gasteiger partial charge in [-0.2, -0.15) is 5.10 Å². The molecule has 0 unspecified atom stereocenters. The number of carbonyl (C=O) groups is 2. The Balaban J connectivity index is 1.76. The predicted octanol–water partition coefficient (Wildman–Crippen LogP) is 5.14. The maximum absolute atomic E-state index is 15.4. The van der Waals surface area contributed by atoms with Crippen LogP contribution in [0.3, 0.4) is 0 Å². The van der Waals surface area contributed by atoms with Crippen molar-refractivity contribution >= 4 is 29.4 Å². The van der Waals surface area contributed by atoms with Crippen LogP contribution in [0.5, 0.6) is 0 Å². The molecule has 0 saturated heterocycles. The number of rotatable bonds is 8. The second-order valence-corrected chi connectivity index (χ2v) is 11.5. The first-order chi connectivity index (χ1) is 19.8. The zero-order valence-electron chi connectivity index (χ0n) is 23.7. The standard InChI is InChI=1S/C32H34FN5O2S/c1-21-11-10-16-26(22(21)2)38-32-29(30(35-38)23-12-6-5-7-13-23)31(24-14-8-9-15-25(24)33)41-20-28(40)37(32)19-27(39)34-17-18-36(3)4/h5-16,31H,17-20H2,1-4H3,(H,34,39)/t31-/m0/s1. The van der Waals surface area contributed by atoms with Crippen molar-refractivity contribution in [1.29, 1.82) is 0 Å². The fourth-order valence-electron chi connectivity index (χ4n) is 5.01. The molecule has 0 aliphatic carbocycles. The number of nitrogens with one attached hydrogen (secondary N) is 1. The van der Waals surface area contributed by atoms with E-state index >= 15 is 4.39 Å². The largest absolute Gasteiger partial charge is 0.353 e. The minimum Gasteiger partial charge on any atom is -0.353 e. The van der Waals surface area contributed by atoms with Gasteiger partial charge in [-0.3, -0.25) is 14.5 Å². The second kappa shape index (κ2) is 12.3. The first-order valence-electron chi connectivity index (χ1n) is 13.6. The second-order valence-electron chi connectivity index (χ2n) is 10.4. The molecule has 5 rings (SSSR count). The summed E-state index contributed by atoms with van der Waals surface area (Å²) in [5, 5.41) is 7.52. The Kier molecular flexibility index (Phi) is 8.56. The number of nitrogens with zero attached hydrogens (tertiary/aromatic N) is 4. The quantitative estimate of drug-likeness (QED) is 0.317. The number of thioether (sulfide) groups is 1. The molecule has 3 aromatic carbocycles. The highest BCUT2D eigenvalue weighted by Crippen LogP contribution is 2.49. The van der Waals surface area contributed by atoms with Crippen molar-refractivity contribution in [3.05, 3.63) is 101 Å². The predicted molar refractivity (Wildman–Crippen MR) is 163 cm³/mol. The van der Waals surface area contributed by atoms with E-state index in [-0.39, 0.29) is 29.9 Å². The summed E-state index contributed by atoms with van der Waals surface area (Å²) in [6.45, 7) is 5.00. The van der Waals surface area contributed by atoms with Crippen molar-refractivity contribution < 1.29 is 14.0 Å².